The van der Waals surface area contributed by atoms with Crippen LogP contribution in [0.4, 0.5) is 0 Å². The Morgan fingerprint density at radius 1 is 1.12 bits per heavy atom. The first-order valence-electron chi connectivity index (χ1n) is 5.27. The second-order valence-electron chi connectivity index (χ2n) is 3.69. The molecule has 1 aromatic rings. The summed E-state index contributed by atoms with van der Waals surface area (Å²) in [5, 5.41) is 8.93. The van der Waals surface area contributed by atoms with Crippen LogP contribution in [0.2, 0.25) is 0 Å². The number of Topliss-reactive ketones (excluding diaryl/α,β-unsaturated/α-hetero) is 2. The first kappa shape index (κ1) is 11.5. The molecular weight excluding hydrogens is 220 g/mol. The number of aliphatic hydroxyl groups excluding tert-OH is 1. The molecule has 0 saturated carbocycles. The maximum Gasteiger partial charge on any atom is 0.228 e. The van der Waals surface area contributed by atoms with Crippen LogP contribution in [-0.4, -0.2) is 30.4 Å². The molecule has 17 heavy (non-hydrogen) atoms. The zero-order valence-corrected chi connectivity index (χ0v) is 9.40. The molecule has 0 amide bonds. The average Bonchev–Trinajstić information content (AvgIpc) is 2.36. The highest BCUT2D eigenvalue weighted by Crippen LogP contribution is 2.28. The summed E-state index contributed by atoms with van der Waals surface area (Å²) in [6.07, 6.45) is 0.127. The Kier molecular flexibility index (Phi) is 3.06. The van der Waals surface area contributed by atoms with Gasteiger partial charge in [0, 0.05) is 29.7 Å². The molecule has 0 heterocycles. The quantitative estimate of drug-likeness (QED) is 0.854. The normalized spacial score (nSPS) is 14.9. The number of hydrogen-bond acceptors (Lipinski definition) is 4. The standard InChI is InChI=1S/C13H12O4/c1-17-13-10(6-7-14)11(15)8-4-2-3-5-9(8)12(13)16/h2-5,14H,6-7H2,1H3. The smallest absolute Gasteiger partial charge is 0.228 e. The van der Waals surface area contributed by atoms with Crippen LogP contribution < -0.4 is 0 Å². The van der Waals surface area contributed by atoms with E-state index < -0.39 is 0 Å². The molecular formula is C13H12O4. The van der Waals surface area contributed by atoms with Crippen LogP contribution in [0.15, 0.2) is 35.6 Å². The van der Waals surface area contributed by atoms with Crippen LogP contribution in [0, 0.1) is 0 Å². The molecule has 0 atom stereocenters. The first-order chi connectivity index (χ1) is 8.20. The summed E-state index contributed by atoms with van der Waals surface area (Å²) in [7, 11) is 1.35. The first-order valence-corrected chi connectivity index (χ1v) is 5.27. The van der Waals surface area contributed by atoms with Gasteiger partial charge in [0.2, 0.25) is 5.78 Å². The van der Waals surface area contributed by atoms with E-state index in [9.17, 15) is 9.59 Å². The van der Waals surface area contributed by atoms with Crippen LogP contribution in [0.3, 0.4) is 0 Å². The number of aliphatic hydroxyl groups is 1. The number of allylic oxidation sites excluding steroid dienone is 1. The SMILES string of the molecule is COC1=C(CCO)C(=O)c2ccccc2C1=O. The van der Waals surface area contributed by atoms with Gasteiger partial charge in [-0.3, -0.25) is 9.59 Å². The molecule has 1 aliphatic rings. The summed E-state index contributed by atoms with van der Waals surface area (Å²) in [5.41, 5.74) is 0.983. The molecule has 4 heteroatoms. The zero-order valence-electron chi connectivity index (χ0n) is 9.40. The molecule has 0 aromatic heterocycles. The van der Waals surface area contributed by atoms with Gasteiger partial charge in [-0.2, -0.15) is 0 Å². The zero-order chi connectivity index (χ0) is 12.4. The summed E-state index contributed by atoms with van der Waals surface area (Å²) < 4.78 is 4.99. The lowest BCUT2D eigenvalue weighted by Gasteiger charge is -2.19. The topological polar surface area (TPSA) is 63.6 Å². The summed E-state index contributed by atoms with van der Waals surface area (Å²) in [5.74, 6) is -0.500. The van der Waals surface area contributed by atoms with Crippen LogP contribution in [-0.2, 0) is 4.74 Å². The molecule has 88 valence electrons. The second-order valence-corrected chi connectivity index (χ2v) is 3.69. The van der Waals surface area contributed by atoms with Crippen LogP contribution >= 0.6 is 0 Å². The average molecular weight is 232 g/mol. The maximum absolute atomic E-state index is 12.1. The summed E-state index contributed by atoms with van der Waals surface area (Å²) >= 11 is 0. The Balaban J connectivity index is 2.60. The highest BCUT2D eigenvalue weighted by atomic mass is 16.5. The van der Waals surface area contributed by atoms with Gasteiger partial charge in [-0.25, -0.2) is 0 Å². The van der Waals surface area contributed by atoms with E-state index in [1.807, 2.05) is 0 Å². The van der Waals surface area contributed by atoms with Crippen LogP contribution in [0.25, 0.3) is 0 Å². The molecule has 0 unspecified atom stereocenters. The monoisotopic (exact) mass is 232 g/mol. The molecule has 4 nitrogen and oxygen atoms in total. The van der Waals surface area contributed by atoms with Crippen molar-refractivity contribution in [2.24, 2.45) is 0 Å². The van der Waals surface area contributed by atoms with Crippen molar-refractivity contribution in [3.05, 3.63) is 46.7 Å². The predicted molar refractivity (Wildman–Crippen MR) is 60.8 cm³/mol. The third kappa shape index (κ3) is 1.76. The Morgan fingerprint density at radius 2 is 1.71 bits per heavy atom. The van der Waals surface area contributed by atoms with Crippen molar-refractivity contribution in [1.82, 2.24) is 0 Å². The van der Waals surface area contributed by atoms with Crippen molar-refractivity contribution in [2.45, 2.75) is 6.42 Å². The van der Waals surface area contributed by atoms with Gasteiger partial charge in [0.15, 0.2) is 11.5 Å². The molecule has 0 spiro atoms. The van der Waals surface area contributed by atoms with Crippen molar-refractivity contribution in [2.75, 3.05) is 13.7 Å². The lowest BCUT2D eigenvalue weighted by atomic mass is 9.87. The Hall–Kier alpha value is -1.94. The van der Waals surface area contributed by atoms with E-state index in [2.05, 4.69) is 0 Å². The Morgan fingerprint density at radius 3 is 2.24 bits per heavy atom. The van der Waals surface area contributed by atoms with Gasteiger partial charge in [0.1, 0.15) is 0 Å². The maximum atomic E-state index is 12.1. The van der Waals surface area contributed by atoms with Gasteiger partial charge in [0.25, 0.3) is 0 Å². The van der Waals surface area contributed by atoms with E-state index >= 15 is 0 Å². The van der Waals surface area contributed by atoms with Crippen molar-refractivity contribution in [3.8, 4) is 0 Å². The molecule has 0 saturated heterocycles. The van der Waals surface area contributed by atoms with Gasteiger partial charge in [0.05, 0.1) is 7.11 Å². The van der Waals surface area contributed by atoms with Crippen LogP contribution in [0.5, 0.6) is 0 Å². The van der Waals surface area contributed by atoms with Gasteiger partial charge in [-0.05, 0) is 0 Å². The molecule has 1 aromatic carbocycles. The second kappa shape index (κ2) is 4.51. The van der Waals surface area contributed by atoms with E-state index in [1.165, 1.54) is 7.11 Å². The number of fused-ring (bicyclic) bond motifs is 1. The molecule has 0 fully saturated rings. The predicted octanol–water partition coefficient (Wildman–Crippen LogP) is 1.35. The van der Waals surface area contributed by atoms with E-state index in [1.54, 1.807) is 24.3 Å². The number of hydrogen-bond donors (Lipinski definition) is 1. The van der Waals surface area contributed by atoms with Crippen molar-refractivity contribution in [1.29, 1.82) is 0 Å². The largest absolute Gasteiger partial charge is 0.492 e. The van der Waals surface area contributed by atoms with E-state index in [4.69, 9.17) is 9.84 Å². The fourth-order valence-corrected chi connectivity index (χ4v) is 1.96. The van der Waals surface area contributed by atoms with Gasteiger partial charge in [-0.15, -0.1) is 0 Å². The number of methoxy groups -OCH3 is 1. The minimum absolute atomic E-state index is 0.0442. The number of benzene rings is 1. The summed E-state index contributed by atoms with van der Waals surface area (Å²) in [6, 6.07) is 6.62. The number of carbonyl (C=O) groups excluding carboxylic acids is 2. The minimum Gasteiger partial charge on any atom is -0.492 e. The van der Waals surface area contributed by atoms with E-state index in [-0.39, 0.29) is 35.9 Å². The van der Waals surface area contributed by atoms with Crippen molar-refractivity contribution < 1.29 is 19.4 Å². The minimum atomic E-state index is -0.300. The number of rotatable bonds is 3. The van der Waals surface area contributed by atoms with Crippen LogP contribution in [0.1, 0.15) is 27.1 Å². The number of ketones is 2. The van der Waals surface area contributed by atoms with E-state index in [0.29, 0.717) is 11.1 Å². The Labute approximate surface area is 98.5 Å². The Bertz CT molecular complexity index is 514. The van der Waals surface area contributed by atoms with E-state index in [0.717, 1.165) is 0 Å². The van der Waals surface area contributed by atoms with Gasteiger partial charge in [-0.1, -0.05) is 24.3 Å². The lowest BCUT2D eigenvalue weighted by molar-refractivity contribution is 0.0900. The summed E-state index contributed by atoms with van der Waals surface area (Å²) in [4.78, 5) is 24.2. The summed E-state index contributed by atoms with van der Waals surface area (Å²) in [6.45, 7) is -0.191. The highest BCUT2D eigenvalue weighted by molar-refractivity contribution is 6.26. The molecule has 2 rings (SSSR count). The molecule has 0 aliphatic heterocycles. The van der Waals surface area contributed by atoms with Gasteiger partial charge >= 0.3 is 0 Å². The fraction of sp³-hybridized carbons (Fsp3) is 0.231. The number of ether oxygens (including phenoxy) is 1. The molecule has 0 bridgehead atoms. The lowest BCUT2D eigenvalue weighted by Crippen LogP contribution is -2.23. The van der Waals surface area contributed by atoms with Gasteiger partial charge < -0.3 is 9.84 Å². The third-order valence-corrected chi connectivity index (χ3v) is 2.74. The third-order valence-electron chi connectivity index (χ3n) is 2.74. The molecule has 1 aliphatic carbocycles. The fourth-order valence-electron chi connectivity index (χ4n) is 1.96. The van der Waals surface area contributed by atoms with Crippen molar-refractivity contribution >= 4 is 11.6 Å². The number of carbonyl (C=O) groups is 2. The van der Waals surface area contributed by atoms with Crippen molar-refractivity contribution in [3.63, 3.8) is 0 Å². The molecule has 1 N–H and O–H groups in total. The highest BCUT2D eigenvalue weighted by Gasteiger charge is 2.32. The molecule has 0 radical (unpaired) electrons.